The van der Waals surface area contributed by atoms with E-state index in [0.29, 0.717) is 12.6 Å². The van der Waals surface area contributed by atoms with Gasteiger partial charge in [0.1, 0.15) is 0 Å². The Kier molecular flexibility index (Phi) is 7.18. The van der Waals surface area contributed by atoms with Crippen LogP contribution in [-0.4, -0.2) is 47.6 Å². The van der Waals surface area contributed by atoms with E-state index in [0.717, 1.165) is 59.8 Å². The molecule has 0 bridgehead atoms. The van der Waals surface area contributed by atoms with E-state index in [1.807, 2.05) is 31.3 Å². The van der Waals surface area contributed by atoms with Gasteiger partial charge < -0.3 is 4.74 Å². The van der Waals surface area contributed by atoms with Gasteiger partial charge >= 0.3 is 0 Å². The van der Waals surface area contributed by atoms with Gasteiger partial charge in [-0.15, -0.1) is 0 Å². The summed E-state index contributed by atoms with van der Waals surface area (Å²) in [7, 11) is 2.18. The van der Waals surface area contributed by atoms with E-state index in [1.54, 1.807) is 11.3 Å². The van der Waals surface area contributed by atoms with Crippen LogP contribution in [0.1, 0.15) is 30.2 Å². The third-order valence-corrected chi connectivity index (χ3v) is 6.29. The van der Waals surface area contributed by atoms with Gasteiger partial charge in [-0.2, -0.15) is 0 Å². The van der Waals surface area contributed by atoms with Crippen LogP contribution in [0.15, 0.2) is 24.4 Å². The summed E-state index contributed by atoms with van der Waals surface area (Å²) in [6.07, 6.45) is 4.26. The Morgan fingerprint density at radius 2 is 2.08 bits per heavy atom. The van der Waals surface area contributed by atoms with Crippen LogP contribution >= 0.6 is 34.5 Å². The fourth-order valence-electron chi connectivity index (χ4n) is 3.35. The molecule has 2 heterocycles. The Morgan fingerprint density at radius 3 is 2.81 bits per heavy atom. The highest BCUT2D eigenvalue weighted by Crippen LogP contribution is 2.26. The largest absolute Gasteiger partial charge is 0.470 e. The van der Waals surface area contributed by atoms with Crippen LogP contribution in [0.5, 0.6) is 5.19 Å². The first-order valence-corrected chi connectivity index (χ1v) is 10.6. The molecule has 1 aromatic heterocycles. The van der Waals surface area contributed by atoms with E-state index in [2.05, 4.69) is 21.8 Å². The predicted molar refractivity (Wildman–Crippen MR) is 110 cm³/mol. The molecule has 1 aliphatic rings. The summed E-state index contributed by atoms with van der Waals surface area (Å²) < 4.78 is 5.46. The molecular formula is C19H25Cl2N3OS. The van der Waals surface area contributed by atoms with Crippen LogP contribution in [0.2, 0.25) is 10.0 Å². The molecule has 142 valence electrons. The predicted octanol–water partition coefficient (Wildman–Crippen LogP) is 4.95. The summed E-state index contributed by atoms with van der Waals surface area (Å²) in [4.78, 5) is 10.5. The molecule has 0 saturated carbocycles. The third kappa shape index (κ3) is 5.33. The molecule has 0 unspecified atom stereocenters. The lowest BCUT2D eigenvalue weighted by Crippen LogP contribution is -2.42. The molecule has 0 amide bonds. The van der Waals surface area contributed by atoms with Gasteiger partial charge in [-0.05, 0) is 50.6 Å². The lowest BCUT2D eigenvalue weighted by atomic mass is 10.0. The van der Waals surface area contributed by atoms with Crippen LogP contribution in [-0.2, 0) is 13.1 Å². The van der Waals surface area contributed by atoms with Crippen molar-refractivity contribution >= 4 is 34.5 Å². The molecule has 0 radical (unpaired) electrons. The minimum Gasteiger partial charge on any atom is -0.470 e. The number of hydrogen-bond acceptors (Lipinski definition) is 5. The molecule has 0 atom stereocenters. The highest BCUT2D eigenvalue weighted by Gasteiger charge is 2.23. The Bertz CT molecular complexity index is 717. The van der Waals surface area contributed by atoms with Crippen LogP contribution in [0.3, 0.4) is 0 Å². The Labute approximate surface area is 169 Å². The molecule has 0 aliphatic carbocycles. The van der Waals surface area contributed by atoms with Gasteiger partial charge in [0, 0.05) is 53.3 Å². The van der Waals surface area contributed by atoms with E-state index in [1.165, 1.54) is 4.88 Å². The van der Waals surface area contributed by atoms with E-state index in [4.69, 9.17) is 27.9 Å². The maximum absolute atomic E-state index is 6.31. The standard InChI is InChI=1S/C19H25Cl2N3OS/c1-3-25-19-22-11-17(26-19)13-24-8-6-16(7-9-24)23(2)12-14-10-15(20)4-5-18(14)21/h4-5,10-11,16H,3,6-9,12-13H2,1-2H3. The molecule has 1 aromatic carbocycles. The van der Waals surface area contributed by atoms with Crippen LogP contribution < -0.4 is 4.74 Å². The van der Waals surface area contributed by atoms with Crippen molar-refractivity contribution in [2.24, 2.45) is 0 Å². The average molecular weight is 414 g/mol. The van der Waals surface area contributed by atoms with Crippen molar-refractivity contribution in [1.29, 1.82) is 0 Å². The molecule has 1 saturated heterocycles. The van der Waals surface area contributed by atoms with Gasteiger partial charge in [0.05, 0.1) is 6.61 Å². The van der Waals surface area contributed by atoms with E-state index < -0.39 is 0 Å². The molecular weight excluding hydrogens is 389 g/mol. The SMILES string of the molecule is CCOc1ncc(CN2CCC(N(C)Cc3cc(Cl)ccc3Cl)CC2)s1. The summed E-state index contributed by atoms with van der Waals surface area (Å²) in [6.45, 7) is 6.64. The molecule has 1 aliphatic heterocycles. The number of thiazole rings is 1. The lowest BCUT2D eigenvalue weighted by Gasteiger charge is -2.36. The molecule has 0 spiro atoms. The minimum absolute atomic E-state index is 0.571. The van der Waals surface area contributed by atoms with Crippen molar-refractivity contribution < 1.29 is 4.74 Å². The van der Waals surface area contributed by atoms with Crippen LogP contribution in [0, 0.1) is 0 Å². The number of hydrogen-bond donors (Lipinski definition) is 0. The number of halogens is 2. The summed E-state index contributed by atoms with van der Waals surface area (Å²) in [5.74, 6) is 0. The Morgan fingerprint density at radius 1 is 1.31 bits per heavy atom. The quantitative estimate of drug-likeness (QED) is 0.641. The summed E-state index contributed by atoms with van der Waals surface area (Å²) in [6, 6.07) is 6.25. The van der Waals surface area contributed by atoms with Crippen molar-refractivity contribution in [2.75, 3.05) is 26.7 Å². The number of piperidine rings is 1. The second-order valence-electron chi connectivity index (χ2n) is 6.68. The van der Waals surface area contributed by atoms with E-state index >= 15 is 0 Å². The number of rotatable bonds is 7. The molecule has 7 heteroatoms. The van der Waals surface area contributed by atoms with Crippen molar-refractivity contribution in [1.82, 2.24) is 14.8 Å². The fraction of sp³-hybridized carbons (Fsp3) is 0.526. The third-order valence-electron chi connectivity index (χ3n) is 4.79. The van der Waals surface area contributed by atoms with Gasteiger partial charge in [-0.1, -0.05) is 34.5 Å². The highest BCUT2D eigenvalue weighted by molar-refractivity contribution is 7.13. The molecule has 3 rings (SSSR count). The first-order valence-electron chi connectivity index (χ1n) is 8.99. The van der Waals surface area contributed by atoms with Gasteiger partial charge in [0.15, 0.2) is 0 Å². The highest BCUT2D eigenvalue weighted by atomic mass is 35.5. The monoisotopic (exact) mass is 413 g/mol. The topological polar surface area (TPSA) is 28.6 Å². The molecule has 4 nitrogen and oxygen atoms in total. The van der Waals surface area contributed by atoms with E-state index in [-0.39, 0.29) is 0 Å². The zero-order valence-corrected chi connectivity index (χ0v) is 17.6. The first kappa shape index (κ1) is 19.9. The number of aromatic nitrogens is 1. The van der Waals surface area contributed by atoms with Gasteiger partial charge in [0.25, 0.3) is 5.19 Å². The average Bonchev–Trinajstić information content (AvgIpc) is 3.06. The Hall–Kier alpha value is -0.850. The Balaban J connectivity index is 1.48. The van der Waals surface area contributed by atoms with Crippen molar-refractivity contribution in [3.63, 3.8) is 0 Å². The number of ether oxygens (including phenoxy) is 1. The molecule has 2 aromatic rings. The minimum atomic E-state index is 0.571. The van der Waals surface area contributed by atoms with Crippen molar-refractivity contribution in [2.45, 2.75) is 38.9 Å². The van der Waals surface area contributed by atoms with E-state index in [9.17, 15) is 0 Å². The van der Waals surface area contributed by atoms with Crippen molar-refractivity contribution in [3.05, 3.63) is 44.9 Å². The summed E-state index contributed by atoms with van der Waals surface area (Å²) >= 11 is 14.1. The summed E-state index contributed by atoms with van der Waals surface area (Å²) in [5, 5.41) is 2.30. The smallest absolute Gasteiger partial charge is 0.273 e. The number of likely N-dealkylation sites (tertiary alicyclic amines) is 1. The van der Waals surface area contributed by atoms with Gasteiger partial charge in [-0.25, -0.2) is 4.98 Å². The maximum atomic E-state index is 6.31. The molecule has 0 N–H and O–H groups in total. The first-order chi connectivity index (χ1) is 12.5. The van der Waals surface area contributed by atoms with Crippen LogP contribution in [0.4, 0.5) is 0 Å². The van der Waals surface area contributed by atoms with Gasteiger partial charge in [0.2, 0.25) is 0 Å². The van der Waals surface area contributed by atoms with Crippen LogP contribution in [0.25, 0.3) is 0 Å². The number of benzene rings is 1. The molecule has 1 fully saturated rings. The molecule has 26 heavy (non-hydrogen) atoms. The second-order valence-corrected chi connectivity index (χ2v) is 8.61. The van der Waals surface area contributed by atoms with Gasteiger partial charge in [-0.3, -0.25) is 9.80 Å². The number of nitrogens with zero attached hydrogens (tertiary/aromatic N) is 3. The maximum Gasteiger partial charge on any atom is 0.273 e. The fourth-order valence-corrected chi connectivity index (χ4v) is 4.58. The normalized spacial score (nSPS) is 16.3. The second kappa shape index (κ2) is 9.38. The zero-order chi connectivity index (χ0) is 18.5. The zero-order valence-electron chi connectivity index (χ0n) is 15.3. The summed E-state index contributed by atoms with van der Waals surface area (Å²) in [5.41, 5.74) is 1.09. The van der Waals surface area contributed by atoms with Crippen molar-refractivity contribution in [3.8, 4) is 5.19 Å². The lowest BCUT2D eigenvalue weighted by molar-refractivity contribution is 0.120.